The number of nitrogens with one attached hydrogen (secondary N) is 5. The van der Waals surface area contributed by atoms with Crippen LogP contribution in [0.1, 0.15) is 33.4 Å². The number of carbonyl (C=O) groups is 3. The summed E-state index contributed by atoms with van der Waals surface area (Å²) in [6, 6.07) is 60.2. The zero-order chi connectivity index (χ0) is 46.0. The van der Waals surface area contributed by atoms with Crippen LogP contribution in [0, 0.1) is 5.92 Å². The molecule has 9 nitrogen and oxygen atoms in total. The van der Waals surface area contributed by atoms with E-state index in [9.17, 15) is 9.59 Å². The zero-order valence-corrected chi connectivity index (χ0v) is 39.5. The summed E-state index contributed by atoms with van der Waals surface area (Å²) in [6.45, 7) is 1.70. The predicted octanol–water partition coefficient (Wildman–Crippen LogP) is 6.84. The SMILES string of the molecule is CNCCNC(=O)[C@H](CSC(c1ccccc1)(c1ccccc1)c1ccccc1)NC(=O)[C@H](CSC(c1ccccc1)(c1ccccc1)c1ccccc1)C(CS)(NCCNC)C(N)=O. The molecule has 3 atom stereocenters. The number of amides is 3. The zero-order valence-electron chi connectivity index (χ0n) is 37.0. The van der Waals surface area contributed by atoms with Gasteiger partial charge in [0.2, 0.25) is 17.7 Å². The predicted molar refractivity (Wildman–Crippen MR) is 273 cm³/mol. The van der Waals surface area contributed by atoms with Crippen LogP contribution in [0.3, 0.4) is 0 Å². The molecule has 3 amide bonds. The molecule has 0 fully saturated rings. The Morgan fingerprint density at radius 1 is 0.508 bits per heavy atom. The van der Waals surface area contributed by atoms with Crippen molar-refractivity contribution < 1.29 is 14.4 Å². The van der Waals surface area contributed by atoms with Crippen LogP contribution in [-0.2, 0) is 23.9 Å². The third-order valence-corrected chi connectivity index (χ3v) is 15.5. The van der Waals surface area contributed by atoms with Crippen molar-refractivity contribution in [2.45, 2.75) is 21.1 Å². The topological polar surface area (TPSA) is 137 Å². The van der Waals surface area contributed by atoms with Crippen molar-refractivity contribution in [2.75, 3.05) is 57.5 Å². The maximum absolute atomic E-state index is 15.6. The van der Waals surface area contributed by atoms with Crippen LogP contribution in [-0.4, -0.2) is 86.8 Å². The molecule has 0 saturated carbocycles. The number of nitrogens with two attached hydrogens (primary N) is 1. The summed E-state index contributed by atoms with van der Waals surface area (Å²) < 4.78 is -1.60. The minimum absolute atomic E-state index is 0.0768. The van der Waals surface area contributed by atoms with E-state index in [0.717, 1.165) is 33.4 Å². The normalized spacial score (nSPS) is 13.5. The third kappa shape index (κ3) is 11.4. The van der Waals surface area contributed by atoms with Gasteiger partial charge in [-0.15, -0.1) is 23.5 Å². The summed E-state index contributed by atoms with van der Waals surface area (Å²) in [5, 5.41) is 15.9. The van der Waals surface area contributed by atoms with E-state index in [0.29, 0.717) is 26.2 Å². The molecular weight excluding hydrogens is 865 g/mol. The fraction of sp³-hybridized carbons (Fsp3) is 0.264. The molecule has 0 aliphatic carbocycles. The molecule has 12 heteroatoms. The Morgan fingerprint density at radius 2 is 0.846 bits per heavy atom. The number of rotatable bonds is 25. The average Bonchev–Trinajstić information content (AvgIpc) is 3.36. The maximum atomic E-state index is 15.6. The first kappa shape index (κ1) is 49.1. The molecule has 0 aliphatic heterocycles. The highest BCUT2D eigenvalue weighted by Crippen LogP contribution is 2.51. The lowest BCUT2D eigenvalue weighted by atomic mass is 9.83. The minimum Gasteiger partial charge on any atom is -0.368 e. The van der Waals surface area contributed by atoms with Crippen LogP contribution >= 0.6 is 36.2 Å². The van der Waals surface area contributed by atoms with Gasteiger partial charge in [-0.05, 0) is 47.5 Å². The average molecular weight is 925 g/mol. The first-order valence-corrected chi connectivity index (χ1v) is 24.5. The second-order valence-electron chi connectivity index (χ2n) is 15.7. The highest BCUT2D eigenvalue weighted by molar-refractivity contribution is 8.01. The number of primary amides is 1. The first-order chi connectivity index (χ1) is 31.8. The molecule has 0 bridgehead atoms. The Hall–Kier alpha value is -5.34. The van der Waals surface area contributed by atoms with Crippen LogP contribution < -0.4 is 32.3 Å². The van der Waals surface area contributed by atoms with E-state index < -0.39 is 38.8 Å². The van der Waals surface area contributed by atoms with Gasteiger partial charge in [0.1, 0.15) is 11.6 Å². The third-order valence-electron chi connectivity index (χ3n) is 11.7. The van der Waals surface area contributed by atoms with E-state index in [2.05, 4.69) is 99.4 Å². The second kappa shape index (κ2) is 24.3. The van der Waals surface area contributed by atoms with E-state index in [1.54, 1.807) is 23.5 Å². The van der Waals surface area contributed by atoms with Gasteiger partial charge in [-0.25, -0.2) is 0 Å². The van der Waals surface area contributed by atoms with Crippen LogP contribution in [0.5, 0.6) is 0 Å². The van der Waals surface area contributed by atoms with E-state index in [-0.39, 0.29) is 23.2 Å². The lowest BCUT2D eigenvalue weighted by Crippen LogP contribution is -2.67. The van der Waals surface area contributed by atoms with Crippen molar-refractivity contribution in [3.63, 3.8) is 0 Å². The molecule has 6 aromatic carbocycles. The number of thiol groups is 1. The van der Waals surface area contributed by atoms with Gasteiger partial charge in [-0.2, -0.15) is 12.6 Å². The Bertz CT molecular complexity index is 2170. The monoisotopic (exact) mass is 924 g/mol. The molecule has 6 rings (SSSR count). The van der Waals surface area contributed by atoms with Gasteiger partial charge < -0.3 is 32.3 Å². The van der Waals surface area contributed by atoms with Gasteiger partial charge in [0.25, 0.3) is 0 Å². The van der Waals surface area contributed by atoms with Gasteiger partial charge in [0.15, 0.2) is 0 Å². The number of thioether (sulfide) groups is 2. The molecular formula is C53H60N6O3S3. The standard InChI is InChI=1S/C53H60N6O3S3/c1-55-33-35-57-49(61)47(38-65-53(43-27-15-6-16-28-43,44-29-17-7-18-30-44)45-31-19-8-20-32-45)59-48(60)46(51(39-63,50(54)62)58-36-34-56-2)37-64-52(40-21-9-3-10-22-40,41-23-11-4-12-24-41)42-25-13-5-14-26-42/h3-32,46-47,55-56,58,63H,33-39H2,1-2H3,(H2,54,62)(H,57,61)(H,59,60)/t46-,47-,51?/m0/s1. The van der Waals surface area contributed by atoms with Gasteiger partial charge in [0, 0.05) is 43.4 Å². The van der Waals surface area contributed by atoms with Crippen LogP contribution in [0.25, 0.3) is 0 Å². The lowest BCUT2D eigenvalue weighted by molar-refractivity contribution is -0.136. The van der Waals surface area contributed by atoms with Gasteiger partial charge >= 0.3 is 0 Å². The molecule has 0 radical (unpaired) electrons. The fourth-order valence-corrected chi connectivity index (χ4v) is 12.1. The molecule has 0 aromatic heterocycles. The van der Waals surface area contributed by atoms with Gasteiger partial charge in [0.05, 0.1) is 15.4 Å². The lowest BCUT2D eigenvalue weighted by Gasteiger charge is -2.41. The quantitative estimate of drug-likeness (QED) is 0.0189. The molecule has 6 aromatic rings. The number of likely N-dealkylation sites (N-methyl/N-ethyl adjacent to an activating group) is 2. The van der Waals surface area contributed by atoms with Crippen LogP contribution in [0.2, 0.25) is 0 Å². The Kier molecular flexibility index (Phi) is 18.3. The highest BCUT2D eigenvalue weighted by atomic mass is 32.2. The Labute approximate surface area is 398 Å². The minimum atomic E-state index is -1.62. The first-order valence-electron chi connectivity index (χ1n) is 21.9. The van der Waals surface area contributed by atoms with E-state index in [1.165, 1.54) is 0 Å². The van der Waals surface area contributed by atoms with Crippen LogP contribution in [0.4, 0.5) is 0 Å². The highest BCUT2D eigenvalue weighted by Gasteiger charge is 2.50. The van der Waals surface area contributed by atoms with Crippen LogP contribution in [0.15, 0.2) is 182 Å². The smallest absolute Gasteiger partial charge is 0.243 e. The van der Waals surface area contributed by atoms with E-state index >= 15 is 4.79 Å². The number of hydrogen-bond donors (Lipinski definition) is 7. The molecule has 0 spiro atoms. The summed E-state index contributed by atoms with van der Waals surface area (Å²) in [6.07, 6.45) is 0. The van der Waals surface area contributed by atoms with Crippen molar-refractivity contribution in [1.82, 2.24) is 26.6 Å². The van der Waals surface area contributed by atoms with Crippen molar-refractivity contribution in [3.05, 3.63) is 215 Å². The van der Waals surface area contributed by atoms with Crippen molar-refractivity contribution in [3.8, 4) is 0 Å². The molecule has 338 valence electrons. The summed E-state index contributed by atoms with van der Waals surface area (Å²) in [5.41, 5.74) is 10.8. The molecule has 7 N–H and O–H groups in total. The molecule has 1 unspecified atom stereocenters. The van der Waals surface area contributed by atoms with Gasteiger partial charge in [-0.3, -0.25) is 14.4 Å². The summed E-state index contributed by atoms with van der Waals surface area (Å²) in [5.74, 6) is -2.44. The van der Waals surface area contributed by atoms with E-state index in [1.807, 2.05) is 123 Å². The Balaban J connectivity index is 1.47. The van der Waals surface area contributed by atoms with Crippen molar-refractivity contribution >= 4 is 53.9 Å². The summed E-state index contributed by atoms with van der Waals surface area (Å²) in [7, 11) is 3.64. The summed E-state index contributed by atoms with van der Waals surface area (Å²) in [4.78, 5) is 44.2. The maximum Gasteiger partial charge on any atom is 0.243 e. The number of carbonyl (C=O) groups excluding carboxylic acids is 3. The molecule has 65 heavy (non-hydrogen) atoms. The molecule has 0 saturated heterocycles. The van der Waals surface area contributed by atoms with Gasteiger partial charge in [-0.1, -0.05) is 182 Å². The summed E-state index contributed by atoms with van der Waals surface area (Å²) >= 11 is 7.91. The largest absolute Gasteiger partial charge is 0.368 e. The molecule has 0 heterocycles. The molecule has 0 aliphatic rings. The number of hydrogen-bond acceptors (Lipinski definition) is 9. The second-order valence-corrected chi connectivity index (χ2v) is 18.5. The van der Waals surface area contributed by atoms with Crippen molar-refractivity contribution in [1.29, 1.82) is 0 Å². The Morgan fingerprint density at radius 3 is 1.17 bits per heavy atom. The number of benzene rings is 6. The van der Waals surface area contributed by atoms with E-state index in [4.69, 9.17) is 18.4 Å². The fourth-order valence-electron chi connectivity index (χ4n) is 8.32. The van der Waals surface area contributed by atoms with Crippen molar-refractivity contribution in [2.24, 2.45) is 11.7 Å².